The molecule has 0 saturated carbocycles. The number of nitrogens with one attached hydrogen (secondary N) is 1. The Balaban J connectivity index is 2.36. The molecule has 11 heteroatoms. The first kappa shape index (κ1) is 28.7. The number of benzene rings is 2. The fourth-order valence-electron chi connectivity index (χ4n) is 3.33. The summed E-state index contributed by atoms with van der Waals surface area (Å²) in [7, 11) is -2.41. The average molecular weight is 545 g/mol. The van der Waals surface area contributed by atoms with Crippen LogP contribution in [-0.2, 0) is 26.2 Å². The number of sulfonamides is 1. The fraction of sp³-hybridized carbons (Fsp3) is 0.417. The van der Waals surface area contributed by atoms with Crippen molar-refractivity contribution in [1.82, 2.24) is 10.2 Å². The van der Waals surface area contributed by atoms with E-state index in [1.54, 1.807) is 31.2 Å². The molecule has 1 N–H and O–H groups in total. The molecule has 0 saturated heterocycles. The minimum atomic E-state index is -3.86. The van der Waals surface area contributed by atoms with Crippen molar-refractivity contribution in [2.45, 2.75) is 39.3 Å². The maximum absolute atomic E-state index is 13.5. The first-order valence-corrected chi connectivity index (χ1v) is 13.7. The summed E-state index contributed by atoms with van der Waals surface area (Å²) in [5.74, 6) is -0.494. The Morgan fingerprint density at radius 1 is 1.11 bits per heavy atom. The zero-order valence-corrected chi connectivity index (χ0v) is 22.6. The van der Waals surface area contributed by atoms with Crippen LogP contribution < -0.4 is 14.4 Å². The number of methoxy groups -OCH3 is 1. The molecule has 192 valence electrons. The number of carbonyl (C=O) groups excluding carboxylic acids is 2. The summed E-state index contributed by atoms with van der Waals surface area (Å²) < 4.78 is 31.3. The second-order valence-electron chi connectivity index (χ2n) is 8.06. The number of ether oxygens (including phenoxy) is 1. The summed E-state index contributed by atoms with van der Waals surface area (Å²) in [5, 5.41) is 3.57. The van der Waals surface area contributed by atoms with E-state index >= 15 is 0 Å². The topological polar surface area (TPSA) is 96.0 Å². The summed E-state index contributed by atoms with van der Waals surface area (Å²) in [4.78, 5) is 27.6. The van der Waals surface area contributed by atoms with Crippen molar-refractivity contribution in [2.24, 2.45) is 0 Å². The molecule has 2 amide bonds. The van der Waals surface area contributed by atoms with E-state index in [2.05, 4.69) is 5.32 Å². The molecule has 2 aromatic rings. The van der Waals surface area contributed by atoms with E-state index in [1.165, 1.54) is 30.2 Å². The van der Waals surface area contributed by atoms with Gasteiger partial charge in [0, 0.05) is 18.1 Å². The highest BCUT2D eigenvalue weighted by Gasteiger charge is 2.30. The van der Waals surface area contributed by atoms with Crippen LogP contribution in [0.5, 0.6) is 5.75 Å². The molecule has 0 aromatic heterocycles. The molecule has 0 fully saturated rings. The SMILES string of the molecule is CCCCNC(=O)[C@H](C)N(Cc1ccc(Cl)cc1)C(=O)CN(c1ccc(OC)c(Cl)c1)S(C)(=O)=O. The van der Waals surface area contributed by atoms with Gasteiger partial charge < -0.3 is 15.0 Å². The van der Waals surface area contributed by atoms with Crippen LogP contribution in [0, 0.1) is 0 Å². The van der Waals surface area contributed by atoms with Crippen LogP contribution in [0.25, 0.3) is 0 Å². The van der Waals surface area contributed by atoms with Crippen LogP contribution in [-0.4, -0.2) is 57.6 Å². The maximum Gasteiger partial charge on any atom is 0.244 e. The monoisotopic (exact) mass is 543 g/mol. The van der Waals surface area contributed by atoms with Gasteiger partial charge in [0.2, 0.25) is 21.8 Å². The Bertz CT molecular complexity index is 1130. The van der Waals surface area contributed by atoms with Gasteiger partial charge in [-0.25, -0.2) is 8.42 Å². The highest BCUT2D eigenvalue weighted by molar-refractivity contribution is 7.92. The summed E-state index contributed by atoms with van der Waals surface area (Å²) in [5.41, 5.74) is 0.951. The van der Waals surface area contributed by atoms with Crippen LogP contribution in [0.1, 0.15) is 32.3 Å². The number of rotatable bonds is 12. The van der Waals surface area contributed by atoms with Gasteiger partial charge in [-0.05, 0) is 49.2 Å². The summed E-state index contributed by atoms with van der Waals surface area (Å²) in [6.45, 7) is 3.70. The first-order valence-electron chi connectivity index (χ1n) is 11.1. The van der Waals surface area contributed by atoms with Gasteiger partial charge in [-0.3, -0.25) is 13.9 Å². The third-order valence-corrected chi connectivity index (χ3v) is 7.05. The molecule has 0 spiro atoms. The lowest BCUT2D eigenvalue weighted by atomic mass is 10.1. The van der Waals surface area contributed by atoms with E-state index in [1.807, 2.05) is 6.92 Å². The van der Waals surface area contributed by atoms with Crippen molar-refractivity contribution in [1.29, 1.82) is 0 Å². The molecule has 0 heterocycles. The minimum Gasteiger partial charge on any atom is -0.495 e. The number of halogens is 2. The van der Waals surface area contributed by atoms with Crippen molar-refractivity contribution in [3.63, 3.8) is 0 Å². The van der Waals surface area contributed by atoms with Crippen molar-refractivity contribution < 1.29 is 22.7 Å². The predicted molar refractivity (Wildman–Crippen MR) is 140 cm³/mol. The number of anilines is 1. The van der Waals surface area contributed by atoms with E-state index in [4.69, 9.17) is 27.9 Å². The maximum atomic E-state index is 13.5. The molecule has 35 heavy (non-hydrogen) atoms. The van der Waals surface area contributed by atoms with Gasteiger partial charge in [0.25, 0.3) is 0 Å². The van der Waals surface area contributed by atoms with Crippen molar-refractivity contribution >= 4 is 50.7 Å². The number of hydrogen-bond acceptors (Lipinski definition) is 5. The highest BCUT2D eigenvalue weighted by atomic mass is 35.5. The Morgan fingerprint density at radius 3 is 2.31 bits per heavy atom. The van der Waals surface area contributed by atoms with Crippen molar-refractivity contribution in [3.05, 3.63) is 58.1 Å². The number of unbranched alkanes of at least 4 members (excludes halogenated alkanes) is 1. The fourth-order valence-corrected chi connectivity index (χ4v) is 4.55. The van der Waals surface area contributed by atoms with Crippen LogP contribution in [0.4, 0.5) is 5.69 Å². The molecular formula is C24H31Cl2N3O5S. The van der Waals surface area contributed by atoms with Crippen LogP contribution in [0.3, 0.4) is 0 Å². The van der Waals surface area contributed by atoms with Gasteiger partial charge in [0.05, 0.1) is 24.1 Å². The van der Waals surface area contributed by atoms with Gasteiger partial charge in [-0.2, -0.15) is 0 Å². The lowest BCUT2D eigenvalue weighted by molar-refractivity contribution is -0.139. The van der Waals surface area contributed by atoms with Gasteiger partial charge in [0.15, 0.2) is 0 Å². The molecule has 2 aromatic carbocycles. The molecule has 1 atom stereocenters. The van der Waals surface area contributed by atoms with E-state index in [9.17, 15) is 18.0 Å². The van der Waals surface area contributed by atoms with Crippen LogP contribution >= 0.6 is 23.2 Å². The van der Waals surface area contributed by atoms with E-state index < -0.39 is 28.5 Å². The molecule has 0 aliphatic rings. The molecule has 8 nitrogen and oxygen atoms in total. The van der Waals surface area contributed by atoms with Gasteiger partial charge >= 0.3 is 0 Å². The molecular weight excluding hydrogens is 513 g/mol. The van der Waals surface area contributed by atoms with E-state index in [0.717, 1.165) is 29.0 Å². The summed E-state index contributed by atoms with van der Waals surface area (Å²) >= 11 is 12.2. The number of nitrogens with zero attached hydrogens (tertiary/aromatic N) is 2. The van der Waals surface area contributed by atoms with Crippen molar-refractivity contribution in [2.75, 3.05) is 30.8 Å². The normalized spacial score (nSPS) is 12.1. The lowest BCUT2D eigenvalue weighted by Gasteiger charge is -2.31. The van der Waals surface area contributed by atoms with E-state index in [-0.39, 0.29) is 23.2 Å². The number of hydrogen-bond donors (Lipinski definition) is 1. The molecule has 2 rings (SSSR count). The number of amides is 2. The third kappa shape index (κ3) is 8.30. The smallest absolute Gasteiger partial charge is 0.244 e. The average Bonchev–Trinajstić information content (AvgIpc) is 2.80. The molecule has 0 bridgehead atoms. The molecule has 0 aliphatic carbocycles. The number of carbonyl (C=O) groups is 2. The Labute approximate surface area is 217 Å². The lowest BCUT2D eigenvalue weighted by Crippen LogP contribution is -2.51. The molecule has 0 radical (unpaired) electrons. The Morgan fingerprint density at radius 2 is 1.77 bits per heavy atom. The van der Waals surface area contributed by atoms with E-state index in [0.29, 0.717) is 17.3 Å². The highest BCUT2D eigenvalue weighted by Crippen LogP contribution is 2.30. The predicted octanol–water partition coefficient (Wildman–Crippen LogP) is 4.10. The zero-order chi connectivity index (χ0) is 26.2. The zero-order valence-electron chi connectivity index (χ0n) is 20.3. The summed E-state index contributed by atoms with van der Waals surface area (Å²) in [6, 6.07) is 10.5. The Hall–Kier alpha value is -2.49. The first-order chi connectivity index (χ1) is 16.5. The molecule has 0 aliphatic heterocycles. The standard InChI is InChI=1S/C24H31Cl2N3O5S/c1-5-6-13-27-24(31)17(2)28(15-18-7-9-19(25)10-8-18)23(30)16-29(35(4,32)33)20-11-12-22(34-3)21(26)14-20/h7-12,14,17H,5-6,13,15-16H2,1-4H3,(H,27,31)/t17-/m0/s1. The second kappa shape index (κ2) is 13.0. The Kier molecular flexibility index (Phi) is 10.7. The van der Waals surface area contributed by atoms with Crippen LogP contribution in [0.15, 0.2) is 42.5 Å². The van der Waals surface area contributed by atoms with Gasteiger partial charge in [-0.1, -0.05) is 48.7 Å². The molecule has 0 unspecified atom stereocenters. The minimum absolute atomic E-state index is 0.0966. The second-order valence-corrected chi connectivity index (χ2v) is 10.8. The van der Waals surface area contributed by atoms with Crippen LogP contribution in [0.2, 0.25) is 10.0 Å². The van der Waals surface area contributed by atoms with Crippen molar-refractivity contribution in [3.8, 4) is 5.75 Å². The van der Waals surface area contributed by atoms with Gasteiger partial charge in [0.1, 0.15) is 18.3 Å². The summed E-state index contributed by atoms with van der Waals surface area (Å²) in [6.07, 6.45) is 2.72. The largest absolute Gasteiger partial charge is 0.495 e. The quantitative estimate of drug-likeness (QED) is 0.406. The third-order valence-electron chi connectivity index (χ3n) is 5.37. The van der Waals surface area contributed by atoms with Gasteiger partial charge in [-0.15, -0.1) is 0 Å².